The topological polar surface area (TPSA) is 231 Å². The fraction of sp³-hybridized carbons (Fsp3) is 0.672. The maximum Gasteiger partial charge on any atom is 0.493 e. The molecule has 20 heteroatoms. The maximum atomic E-state index is 13.5. The van der Waals surface area contributed by atoms with Crippen LogP contribution >= 0.6 is 35.6 Å². The molecular weight excluding hydrogens is 1100 g/mol. The summed E-state index contributed by atoms with van der Waals surface area (Å²) in [6.07, 6.45) is 7.52. The van der Waals surface area contributed by atoms with E-state index in [9.17, 15) is 39.4 Å². The zero-order chi connectivity index (χ0) is 58.4. The van der Waals surface area contributed by atoms with E-state index < -0.39 is 85.0 Å². The first-order valence-corrected chi connectivity index (χ1v) is 29.8. The lowest BCUT2D eigenvalue weighted by Crippen LogP contribution is -2.63. The molecule has 6 aliphatic carbocycles. The van der Waals surface area contributed by atoms with Crippen LogP contribution in [0, 0.1) is 68.0 Å². The van der Waals surface area contributed by atoms with Crippen molar-refractivity contribution in [2.45, 2.75) is 170 Å². The molecule has 0 amide bonds. The molecule has 6 N–H and O–H groups in total. The highest BCUT2D eigenvalue weighted by Gasteiger charge is 2.70. The predicted molar refractivity (Wildman–Crippen MR) is 313 cm³/mol. The molecule has 18 atom stereocenters. The second-order valence-corrected chi connectivity index (χ2v) is 26.8. The average molecular weight is 1180 g/mol. The first-order chi connectivity index (χ1) is 37.7. The predicted octanol–water partition coefficient (Wildman–Crippen LogP) is 8.56. The van der Waals surface area contributed by atoms with Gasteiger partial charge in [-0.3, -0.25) is 9.59 Å². The van der Waals surface area contributed by atoms with Gasteiger partial charge in [-0.25, -0.2) is 9.59 Å². The highest BCUT2D eigenvalue weighted by Crippen LogP contribution is 2.70. The van der Waals surface area contributed by atoms with Gasteiger partial charge in [0.05, 0.1) is 34.5 Å². The molecule has 444 valence electrons. The molecule has 6 saturated carbocycles. The van der Waals surface area contributed by atoms with Crippen LogP contribution in [0.2, 0.25) is 10.0 Å². The van der Waals surface area contributed by atoms with E-state index in [-0.39, 0.29) is 111 Å². The second kappa shape index (κ2) is 23.4. The van der Waals surface area contributed by atoms with Gasteiger partial charge in [0, 0.05) is 63.8 Å². The summed E-state index contributed by atoms with van der Waals surface area (Å²) in [6.45, 7) is 26.0. The van der Waals surface area contributed by atoms with Crippen molar-refractivity contribution >= 4 is 84.3 Å². The average Bonchev–Trinajstić information content (AvgIpc) is 3.39. The number of aliphatic hydroxyl groups is 2. The van der Waals surface area contributed by atoms with Gasteiger partial charge in [-0.2, -0.15) is 0 Å². The largest absolute Gasteiger partial charge is 0.493 e. The number of hydrogen-bond acceptors (Lipinski definition) is 15. The fourth-order valence-corrected chi connectivity index (χ4v) is 17.9. The van der Waals surface area contributed by atoms with Crippen LogP contribution in [-0.4, -0.2) is 102 Å². The molecular formula is C61H84B2Cl3NO14. The number of Topliss-reactive ketones (excluding diaryl/α,β-unsaturated/α-hetero) is 2. The lowest BCUT2D eigenvalue weighted by molar-refractivity contribution is -0.207. The van der Waals surface area contributed by atoms with Crippen molar-refractivity contribution in [2.24, 2.45) is 73.7 Å². The lowest BCUT2D eigenvalue weighted by atomic mass is 9.44. The van der Waals surface area contributed by atoms with Crippen LogP contribution in [0.3, 0.4) is 0 Å². The number of fused-ring (bicyclic) bond motifs is 2. The van der Waals surface area contributed by atoms with Crippen LogP contribution in [0.5, 0.6) is 11.5 Å². The molecule has 0 radical (unpaired) electrons. The molecule has 2 unspecified atom stereocenters. The van der Waals surface area contributed by atoms with Crippen LogP contribution < -0.4 is 26.1 Å². The van der Waals surface area contributed by atoms with E-state index in [2.05, 4.69) is 54.7 Å². The molecule has 15 nitrogen and oxygen atoms in total. The summed E-state index contributed by atoms with van der Waals surface area (Å²) >= 11 is 13.1. The number of halogens is 3. The normalized spacial score (nSPS) is 40.1. The summed E-state index contributed by atoms with van der Waals surface area (Å²) in [5.41, 5.74) is 4.77. The van der Waals surface area contributed by atoms with Crippen molar-refractivity contribution in [1.82, 2.24) is 0 Å². The fourth-order valence-electron chi connectivity index (χ4n) is 17.2. The third-order valence-electron chi connectivity index (χ3n) is 22.6. The highest BCUT2D eigenvalue weighted by atomic mass is 35.5. The molecule has 0 saturated heterocycles. The molecule has 2 aromatic rings. The monoisotopic (exact) mass is 1180 g/mol. The van der Waals surface area contributed by atoms with E-state index in [1.807, 2.05) is 20.8 Å². The zero-order valence-electron chi connectivity index (χ0n) is 48.5. The minimum absolute atomic E-state index is 0. The first kappa shape index (κ1) is 63.5. The summed E-state index contributed by atoms with van der Waals surface area (Å²) in [5.74, 6) is -0.783. The van der Waals surface area contributed by atoms with Gasteiger partial charge in [0.25, 0.3) is 0 Å². The van der Waals surface area contributed by atoms with Gasteiger partial charge in [-0.1, -0.05) is 110 Å². The Labute approximate surface area is 494 Å². The van der Waals surface area contributed by atoms with E-state index in [0.29, 0.717) is 48.6 Å². The molecule has 2 aromatic carbocycles. The maximum absolute atomic E-state index is 13.5. The summed E-state index contributed by atoms with van der Waals surface area (Å²) in [5, 5.41) is 44.4. The summed E-state index contributed by atoms with van der Waals surface area (Å²) in [4.78, 5) is 53.8. The van der Waals surface area contributed by atoms with Gasteiger partial charge in [-0.05, 0) is 116 Å². The molecule has 2 heterocycles. The smallest absolute Gasteiger partial charge is 0.480 e. The molecule has 4 bridgehead atoms. The van der Waals surface area contributed by atoms with Gasteiger partial charge in [0.15, 0.2) is 13.2 Å². The highest BCUT2D eigenvalue weighted by molar-refractivity contribution is 6.66. The molecule has 81 heavy (non-hydrogen) atoms. The first-order valence-electron chi connectivity index (χ1n) is 29.0. The van der Waals surface area contributed by atoms with Gasteiger partial charge < -0.3 is 54.3 Å². The van der Waals surface area contributed by atoms with Crippen LogP contribution in [-0.2, 0) is 38.0 Å². The Balaban J connectivity index is 0.000000210. The molecule has 0 spiro atoms. The minimum Gasteiger partial charge on any atom is -0.480 e. The molecule has 8 aliphatic rings. The quantitative estimate of drug-likeness (QED) is 0.0762. The number of carbonyl (C=O) groups is 4. The third kappa shape index (κ3) is 10.2. The molecule has 2 aliphatic heterocycles. The Morgan fingerprint density at radius 3 is 1.44 bits per heavy atom. The summed E-state index contributed by atoms with van der Waals surface area (Å²) in [7, 11) is -2.39. The number of ketones is 2. The Bertz CT molecular complexity index is 2610. The lowest BCUT2D eigenvalue weighted by Gasteiger charge is -2.61. The van der Waals surface area contributed by atoms with Gasteiger partial charge in [-0.15, -0.1) is 25.6 Å². The van der Waals surface area contributed by atoms with Crippen LogP contribution in [0.4, 0.5) is 0 Å². The van der Waals surface area contributed by atoms with Crippen molar-refractivity contribution in [3.05, 3.63) is 70.7 Å². The number of nitrogens with two attached hydrogens (primary N) is 1. The SMILES string of the molecule is C=C[C@]1(C)C[C@@H](OC(=O)COc2ccc3c(c2Cl)B(O)OC3CC)[C@]2(C)[C@H](C)CC[C@]3(CCC(=O)[C@H]32)[C@@H](C)[C@@H]1O.C=C[C@]1(C)C[C@@H](OC(=O)COc2ccc3c(c2Cl)B(O)OC3CN)[C@]2(C)[C@H](C)CC[C@]3(CCC(=O)[C@H]32)[C@@H](C)[C@@H]1O.Cl. The van der Waals surface area contributed by atoms with Crippen molar-refractivity contribution in [2.75, 3.05) is 19.8 Å². The number of esters is 2. The standard InChI is InChI=1S/C31H42BClO7.C30H41BClNO7.ClH/c1-7-21-19-9-10-22(26(33)25(19)32(37)40-21)38-16-24(35)39-23-15-29(5,8-2)28(36)18(4)31-13-11-17(3)30(23,6)27(31)20(34)12-14-31;1-6-28(4)13-22(29(5)16(2)9-11-30(17(3)27(28)36)12-10-19(34)26(29)30)39-23(35)15-38-20-8-7-18-21(14-33)40-31(37)24(18)25(20)32;/h8-10,17-18,21,23,27-28,36-37H,2,7,11-16H2,1,3-6H3;6-8,16-17,21-22,26-27,36-37H,1,9-15,33H2,2-5H3;1H/t17-,18+,21?,23-,27+,28+,29-,30+,31+;16-,17+,21?,22-,26+,27+,28-,29+,30+;/m11./s1. The molecule has 0 aromatic heterocycles. The van der Waals surface area contributed by atoms with Crippen molar-refractivity contribution in [3.63, 3.8) is 0 Å². The Morgan fingerprint density at radius 2 is 1.07 bits per heavy atom. The number of hydrogen-bond donors (Lipinski definition) is 5. The van der Waals surface area contributed by atoms with E-state index >= 15 is 0 Å². The number of carbonyl (C=O) groups excluding carboxylic acids is 4. The third-order valence-corrected chi connectivity index (χ3v) is 23.3. The molecule has 10 rings (SSSR count). The van der Waals surface area contributed by atoms with Crippen LogP contribution in [0.15, 0.2) is 49.6 Å². The van der Waals surface area contributed by atoms with E-state index in [0.717, 1.165) is 44.1 Å². The second-order valence-electron chi connectivity index (χ2n) is 26.1. The summed E-state index contributed by atoms with van der Waals surface area (Å²) in [6, 6.07) is 6.82. The number of rotatable bonds is 12. The van der Waals surface area contributed by atoms with Gasteiger partial charge >= 0.3 is 26.2 Å². The van der Waals surface area contributed by atoms with Crippen molar-refractivity contribution < 1.29 is 67.7 Å². The van der Waals surface area contributed by atoms with E-state index in [1.54, 1.807) is 36.4 Å². The number of benzene rings is 2. The molecule has 6 fully saturated rings. The van der Waals surface area contributed by atoms with Crippen molar-refractivity contribution in [1.29, 1.82) is 0 Å². The Morgan fingerprint density at radius 1 is 0.691 bits per heavy atom. The Kier molecular flexibility index (Phi) is 18.4. The van der Waals surface area contributed by atoms with Crippen molar-refractivity contribution in [3.8, 4) is 11.5 Å². The van der Waals surface area contributed by atoms with Crippen LogP contribution in [0.1, 0.15) is 156 Å². The number of aliphatic hydroxyl groups excluding tert-OH is 2. The van der Waals surface area contributed by atoms with Gasteiger partial charge in [0.2, 0.25) is 0 Å². The van der Waals surface area contributed by atoms with Gasteiger partial charge in [0.1, 0.15) is 35.3 Å². The zero-order valence-corrected chi connectivity index (χ0v) is 50.8. The van der Waals surface area contributed by atoms with E-state index in [1.165, 1.54) is 0 Å². The van der Waals surface area contributed by atoms with E-state index in [4.69, 9.17) is 57.2 Å². The summed E-state index contributed by atoms with van der Waals surface area (Å²) < 4.78 is 35.1. The Hall–Kier alpha value is -3.48. The van der Waals surface area contributed by atoms with Crippen LogP contribution in [0.25, 0.3) is 0 Å². The number of ether oxygens (including phenoxy) is 4. The minimum atomic E-state index is -1.23.